The number of amides is 1. The highest BCUT2D eigenvalue weighted by atomic mass is 16.7. The van der Waals surface area contributed by atoms with Gasteiger partial charge in [0.2, 0.25) is 12.7 Å². The zero-order chi connectivity index (χ0) is 13.9. The maximum Gasteiger partial charge on any atom is 0.237 e. The van der Waals surface area contributed by atoms with Crippen LogP contribution in [0, 0.1) is 0 Å². The minimum Gasteiger partial charge on any atom is -0.493 e. The molecule has 0 radical (unpaired) electrons. The second kappa shape index (κ2) is 5.36. The normalized spacial score (nSPS) is 15.9. The molecule has 1 atom stereocenters. The summed E-state index contributed by atoms with van der Waals surface area (Å²) < 4.78 is 16.1. The molecule has 0 bridgehead atoms. The Labute approximate surface area is 111 Å². The zero-order valence-corrected chi connectivity index (χ0v) is 11.1. The number of likely N-dealkylation sites (N-methyl/N-ethyl adjacent to an activating group) is 1. The van der Waals surface area contributed by atoms with Crippen LogP contribution in [-0.2, 0) is 4.79 Å². The maximum atomic E-state index is 11.3. The molecular weight excluding hydrogens is 248 g/mol. The molecule has 0 saturated heterocycles. The van der Waals surface area contributed by atoms with E-state index in [9.17, 15) is 4.79 Å². The Bertz CT molecular complexity index is 478. The third-order valence-corrected chi connectivity index (χ3v) is 3.31. The van der Waals surface area contributed by atoms with Crippen LogP contribution in [0.4, 0.5) is 0 Å². The maximum absolute atomic E-state index is 11.3. The molecule has 0 saturated carbocycles. The quantitative estimate of drug-likeness (QED) is 0.790. The van der Waals surface area contributed by atoms with Crippen molar-refractivity contribution in [2.45, 2.75) is 18.9 Å². The van der Waals surface area contributed by atoms with E-state index in [0.717, 1.165) is 0 Å². The smallest absolute Gasteiger partial charge is 0.237 e. The van der Waals surface area contributed by atoms with Crippen LogP contribution in [0.15, 0.2) is 18.2 Å². The minimum atomic E-state index is -0.768. The Morgan fingerprint density at radius 2 is 2.21 bits per heavy atom. The summed E-state index contributed by atoms with van der Waals surface area (Å²) in [6, 6.07) is 5.36. The molecule has 6 nitrogen and oxygen atoms in total. The van der Waals surface area contributed by atoms with E-state index in [0.29, 0.717) is 30.3 Å². The summed E-state index contributed by atoms with van der Waals surface area (Å²) in [5, 5.41) is 2.91. The molecule has 1 unspecified atom stereocenters. The first-order valence-electron chi connectivity index (χ1n) is 6.06. The number of ether oxygens (including phenoxy) is 3. The Balaban J connectivity index is 1.91. The first-order valence-corrected chi connectivity index (χ1v) is 6.06. The van der Waals surface area contributed by atoms with Gasteiger partial charge in [0.1, 0.15) is 5.75 Å². The van der Waals surface area contributed by atoms with Crippen molar-refractivity contribution in [3.05, 3.63) is 18.2 Å². The van der Waals surface area contributed by atoms with Crippen molar-refractivity contribution in [2.75, 3.05) is 20.4 Å². The minimum absolute atomic E-state index is 0.234. The number of carbonyl (C=O) groups is 1. The van der Waals surface area contributed by atoms with Gasteiger partial charge in [-0.3, -0.25) is 4.79 Å². The van der Waals surface area contributed by atoms with Gasteiger partial charge < -0.3 is 25.3 Å². The standard InChI is InChI=1S/C13H18N2O4/c1-13(15-2,12(14)16)5-6-17-9-3-4-10-11(7-9)19-8-18-10/h3-4,7,15H,5-6,8H2,1-2H3,(H2,14,16). The molecule has 1 amide bonds. The van der Waals surface area contributed by atoms with E-state index >= 15 is 0 Å². The van der Waals surface area contributed by atoms with Crippen molar-refractivity contribution in [2.24, 2.45) is 5.73 Å². The fraction of sp³-hybridized carbons (Fsp3) is 0.462. The van der Waals surface area contributed by atoms with Gasteiger partial charge in [-0.05, 0) is 26.1 Å². The van der Waals surface area contributed by atoms with Gasteiger partial charge in [0.25, 0.3) is 0 Å². The van der Waals surface area contributed by atoms with E-state index in [1.54, 1.807) is 32.2 Å². The number of hydrogen-bond donors (Lipinski definition) is 2. The van der Waals surface area contributed by atoms with Crippen molar-refractivity contribution in [3.63, 3.8) is 0 Å². The molecule has 6 heteroatoms. The molecule has 0 aliphatic carbocycles. The lowest BCUT2D eigenvalue weighted by Gasteiger charge is -2.25. The Morgan fingerprint density at radius 1 is 1.47 bits per heavy atom. The van der Waals surface area contributed by atoms with E-state index in [1.807, 2.05) is 0 Å². The lowest BCUT2D eigenvalue weighted by molar-refractivity contribution is -0.124. The molecule has 2 rings (SSSR count). The molecule has 1 aliphatic rings. The van der Waals surface area contributed by atoms with E-state index in [1.165, 1.54) is 0 Å². The van der Waals surface area contributed by atoms with Crippen LogP contribution in [0.25, 0.3) is 0 Å². The lowest BCUT2D eigenvalue weighted by Crippen LogP contribution is -2.52. The highest BCUT2D eigenvalue weighted by molar-refractivity contribution is 5.84. The van der Waals surface area contributed by atoms with Gasteiger partial charge in [-0.2, -0.15) is 0 Å². The highest BCUT2D eigenvalue weighted by Crippen LogP contribution is 2.35. The molecule has 19 heavy (non-hydrogen) atoms. The van der Waals surface area contributed by atoms with E-state index in [2.05, 4.69) is 5.32 Å². The third kappa shape index (κ3) is 2.90. The van der Waals surface area contributed by atoms with Gasteiger partial charge in [-0.15, -0.1) is 0 Å². The average molecular weight is 266 g/mol. The number of hydrogen-bond acceptors (Lipinski definition) is 5. The predicted octanol–water partition coefficient (Wildman–Crippen LogP) is 0.648. The summed E-state index contributed by atoms with van der Waals surface area (Å²) >= 11 is 0. The number of fused-ring (bicyclic) bond motifs is 1. The van der Waals surface area contributed by atoms with Crippen molar-refractivity contribution in [3.8, 4) is 17.2 Å². The third-order valence-electron chi connectivity index (χ3n) is 3.31. The Hall–Kier alpha value is -1.95. The highest BCUT2D eigenvalue weighted by Gasteiger charge is 2.28. The number of rotatable bonds is 6. The predicted molar refractivity (Wildman–Crippen MR) is 69.3 cm³/mol. The van der Waals surface area contributed by atoms with Crippen LogP contribution in [0.5, 0.6) is 17.2 Å². The summed E-state index contributed by atoms with van der Waals surface area (Å²) in [5.41, 5.74) is 4.57. The van der Waals surface area contributed by atoms with Crippen LogP contribution in [0.2, 0.25) is 0 Å². The average Bonchev–Trinajstić information content (AvgIpc) is 2.85. The molecule has 1 heterocycles. The van der Waals surface area contributed by atoms with Gasteiger partial charge in [0.05, 0.1) is 12.1 Å². The van der Waals surface area contributed by atoms with Gasteiger partial charge in [0, 0.05) is 12.5 Å². The van der Waals surface area contributed by atoms with Crippen LogP contribution < -0.4 is 25.3 Å². The Morgan fingerprint density at radius 3 is 2.89 bits per heavy atom. The number of carbonyl (C=O) groups excluding carboxylic acids is 1. The number of benzene rings is 1. The molecular formula is C13H18N2O4. The molecule has 0 spiro atoms. The van der Waals surface area contributed by atoms with Gasteiger partial charge in [0.15, 0.2) is 11.5 Å². The van der Waals surface area contributed by atoms with Crippen LogP contribution >= 0.6 is 0 Å². The van der Waals surface area contributed by atoms with Crippen LogP contribution in [0.3, 0.4) is 0 Å². The van der Waals surface area contributed by atoms with E-state index in [-0.39, 0.29) is 6.79 Å². The second-order valence-corrected chi connectivity index (χ2v) is 4.56. The van der Waals surface area contributed by atoms with Gasteiger partial charge in [-0.25, -0.2) is 0 Å². The monoisotopic (exact) mass is 266 g/mol. The summed E-state index contributed by atoms with van der Waals surface area (Å²) in [6.07, 6.45) is 0.479. The van der Waals surface area contributed by atoms with Crippen LogP contribution in [-0.4, -0.2) is 31.9 Å². The first-order chi connectivity index (χ1) is 9.05. The van der Waals surface area contributed by atoms with Crippen LogP contribution in [0.1, 0.15) is 13.3 Å². The number of primary amides is 1. The van der Waals surface area contributed by atoms with E-state index < -0.39 is 11.4 Å². The fourth-order valence-electron chi connectivity index (χ4n) is 1.71. The van der Waals surface area contributed by atoms with Crippen molar-refractivity contribution < 1.29 is 19.0 Å². The van der Waals surface area contributed by atoms with E-state index in [4.69, 9.17) is 19.9 Å². The summed E-state index contributed by atoms with van der Waals surface area (Å²) in [4.78, 5) is 11.3. The molecule has 3 N–H and O–H groups in total. The first kappa shape index (κ1) is 13.5. The molecule has 0 fully saturated rings. The van der Waals surface area contributed by atoms with Crippen molar-refractivity contribution in [1.29, 1.82) is 0 Å². The lowest BCUT2D eigenvalue weighted by atomic mass is 9.98. The van der Waals surface area contributed by atoms with Crippen molar-refractivity contribution >= 4 is 5.91 Å². The van der Waals surface area contributed by atoms with Gasteiger partial charge in [-0.1, -0.05) is 0 Å². The molecule has 1 aliphatic heterocycles. The summed E-state index contributed by atoms with van der Waals surface area (Å²) in [6.45, 7) is 2.36. The SMILES string of the molecule is CNC(C)(CCOc1ccc2c(c1)OCO2)C(N)=O. The number of nitrogens with one attached hydrogen (secondary N) is 1. The molecule has 1 aromatic rings. The molecule has 104 valence electrons. The van der Waals surface area contributed by atoms with Crippen molar-refractivity contribution in [1.82, 2.24) is 5.32 Å². The summed E-state index contributed by atoms with van der Waals surface area (Å²) in [7, 11) is 1.70. The Kier molecular flexibility index (Phi) is 3.80. The van der Waals surface area contributed by atoms with Gasteiger partial charge >= 0.3 is 0 Å². The largest absolute Gasteiger partial charge is 0.493 e. The topological polar surface area (TPSA) is 82.8 Å². The molecule has 0 aromatic heterocycles. The second-order valence-electron chi connectivity index (χ2n) is 4.56. The zero-order valence-electron chi connectivity index (χ0n) is 11.1. The fourth-order valence-corrected chi connectivity index (χ4v) is 1.71. The number of nitrogens with two attached hydrogens (primary N) is 1. The summed E-state index contributed by atoms with van der Waals surface area (Å²) in [5.74, 6) is 1.66. The molecule has 1 aromatic carbocycles.